The van der Waals surface area contributed by atoms with Crippen molar-refractivity contribution in [3.63, 3.8) is 0 Å². The lowest BCUT2D eigenvalue weighted by molar-refractivity contribution is -0.112. The van der Waals surface area contributed by atoms with Gasteiger partial charge in [0.15, 0.2) is 5.78 Å². The van der Waals surface area contributed by atoms with Crippen LogP contribution in [0.5, 0.6) is 0 Å². The second kappa shape index (κ2) is 8.96. The molecule has 0 radical (unpaired) electrons. The number of carbonyl (C=O) groups excluding carboxylic acids is 1. The maximum absolute atomic E-state index is 12.2. The van der Waals surface area contributed by atoms with E-state index in [9.17, 15) is 9.59 Å². The molecule has 0 aliphatic carbocycles. The predicted molar refractivity (Wildman–Crippen MR) is 99.5 cm³/mol. The molecule has 7 nitrogen and oxygen atoms in total. The summed E-state index contributed by atoms with van der Waals surface area (Å²) in [4.78, 5) is 30.3. The van der Waals surface area contributed by atoms with Gasteiger partial charge in [-0.25, -0.2) is 9.89 Å². The lowest BCUT2D eigenvalue weighted by Gasteiger charge is -2.18. The van der Waals surface area contributed by atoms with Crippen LogP contribution in [0.25, 0.3) is 0 Å². The number of nitrogens with zero attached hydrogens (tertiary/aromatic N) is 4. The number of aromatic amines is 1. The number of ketones is 1. The molecule has 1 N–H and O–H groups in total. The van der Waals surface area contributed by atoms with Gasteiger partial charge in [0.05, 0.1) is 12.1 Å². The van der Waals surface area contributed by atoms with Gasteiger partial charge in [-0.15, -0.1) is 0 Å². The number of hydrogen-bond donors (Lipinski definition) is 1. The van der Waals surface area contributed by atoms with Crippen molar-refractivity contribution < 1.29 is 4.79 Å². The van der Waals surface area contributed by atoms with Crippen LogP contribution in [0.15, 0.2) is 40.1 Å². The largest absolute Gasteiger partial charge is 0.375 e. The molecule has 0 spiro atoms. The molecule has 1 aromatic heterocycles. The maximum atomic E-state index is 12.2. The average molecular weight is 343 g/mol. The molecule has 0 saturated heterocycles. The summed E-state index contributed by atoms with van der Waals surface area (Å²) in [6.45, 7) is 5.50. The van der Waals surface area contributed by atoms with Crippen LogP contribution in [0, 0.1) is 0 Å². The summed E-state index contributed by atoms with van der Waals surface area (Å²) in [6.07, 6.45) is 0.948. The zero-order valence-corrected chi connectivity index (χ0v) is 15.0. The van der Waals surface area contributed by atoms with Gasteiger partial charge in [-0.2, -0.15) is 5.10 Å². The molecular formula is C18H25N5O2. The van der Waals surface area contributed by atoms with Gasteiger partial charge < -0.3 is 4.90 Å². The van der Waals surface area contributed by atoms with Gasteiger partial charge in [0.2, 0.25) is 0 Å². The van der Waals surface area contributed by atoms with Gasteiger partial charge in [-0.1, -0.05) is 18.2 Å². The molecule has 1 heterocycles. The fraction of sp³-hybridized carbons (Fsp3) is 0.444. The van der Waals surface area contributed by atoms with Crippen LogP contribution >= 0.6 is 0 Å². The Labute approximate surface area is 147 Å². The summed E-state index contributed by atoms with van der Waals surface area (Å²) in [5, 5.41) is 6.28. The molecule has 0 amide bonds. The van der Waals surface area contributed by atoms with Crippen LogP contribution in [0.2, 0.25) is 0 Å². The van der Waals surface area contributed by atoms with Crippen LogP contribution in [-0.4, -0.2) is 46.4 Å². The molecule has 0 aliphatic heterocycles. The number of rotatable bonds is 9. The summed E-state index contributed by atoms with van der Waals surface area (Å²) in [7, 11) is 2.04. The molecule has 0 saturated carbocycles. The van der Waals surface area contributed by atoms with E-state index in [0.29, 0.717) is 24.6 Å². The van der Waals surface area contributed by atoms with Crippen molar-refractivity contribution in [2.45, 2.75) is 33.2 Å². The molecule has 0 atom stereocenters. The Hall–Kier alpha value is -2.70. The normalized spacial score (nSPS) is 11.6. The number of carbonyl (C=O) groups is 1. The lowest BCUT2D eigenvalue weighted by atomic mass is 10.2. The molecule has 7 heteroatoms. The second-order valence-electron chi connectivity index (χ2n) is 5.87. The standard InChI is InChI=1S/C18H25N5O2/c1-4-23-17(20-21-18(23)25)13-16(24)14(2)19-11-8-12-22(3)15-9-6-5-7-10-15/h5-7,9-10H,4,8,11-13H2,1-3H3,(H,21,25). The Morgan fingerprint density at radius 2 is 2.04 bits per heavy atom. The molecule has 0 bridgehead atoms. The van der Waals surface area contributed by atoms with E-state index in [4.69, 9.17) is 0 Å². The Morgan fingerprint density at radius 1 is 1.32 bits per heavy atom. The van der Waals surface area contributed by atoms with Crippen LogP contribution in [-0.2, 0) is 17.8 Å². The van der Waals surface area contributed by atoms with Crippen molar-refractivity contribution in [1.29, 1.82) is 0 Å². The van der Waals surface area contributed by atoms with Gasteiger partial charge in [0, 0.05) is 32.4 Å². The number of nitrogens with one attached hydrogen (secondary N) is 1. The van der Waals surface area contributed by atoms with Gasteiger partial charge in [0.25, 0.3) is 0 Å². The van der Waals surface area contributed by atoms with E-state index < -0.39 is 0 Å². The Bertz CT molecular complexity index is 776. The van der Waals surface area contributed by atoms with E-state index in [1.54, 1.807) is 6.92 Å². The maximum Gasteiger partial charge on any atom is 0.343 e. The fourth-order valence-electron chi connectivity index (χ4n) is 2.54. The minimum atomic E-state index is -0.288. The van der Waals surface area contributed by atoms with E-state index in [0.717, 1.165) is 18.7 Å². The first-order valence-corrected chi connectivity index (χ1v) is 8.47. The molecule has 0 unspecified atom stereocenters. The highest BCUT2D eigenvalue weighted by atomic mass is 16.2. The molecule has 25 heavy (non-hydrogen) atoms. The number of Topliss-reactive ketones (excluding diaryl/α,β-unsaturated/α-hetero) is 1. The first kappa shape index (κ1) is 18.6. The zero-order valence-electron chi connectivity index (χ0n) is 15.0. The van der Waals surface area contributed by atoms with Crippen molar-refractivity contribution in [2.75, 3.05) is 25.0 Å². The minimum Gasteiger partial charge on any atom is -0.375 e. The molecule has 2 rings (SSSR count). The topological polar surface area (TPSA) is 83.3 Å². The first-order chi connectivity index (χ1) is 12.0. The Kier molecular flexibility index (Phi) is 6.68. The van der Waals surface area contributed by atoms with E-state index in [2.05, 4.69) is 32.2 Å². The third kappa shape index (κ3) is 5.14. The van der Waals surface area contributed by atoms with Gasteiger partial charge >= 0.3 is 5.69 Å². The molecule has 0 aliphatic rings. The van der Waals surface area contributed by atoms with E-state index >= 15 is 0 Å². The van der Waals surface area contributed by atoms with E-state index in [-0.39, 0.29) is 17.9 Å². The van der Waals surface area contributed by atoms with Crippen LogP contribution < -0.4 is 10.6 Å². The number of H-pyrrole nitrogens is 1. The van der Waals surface area contributed by atoms with E-state index in [1.165, 1.54) is 4.57 Å². The number of hydrogen-bond acceptors (Lipinski definition) is 5. The molecule has 134 valence electrons. The van der Waals surface area contributed by atoms with Crippen molar-refractivity contribution >= 4 is 17.2 Å². The number of aromatic nitrogens is 3. The lowest BCUT2D eigenvalue weighted by Crippen LogP contribution is -2.22. The highest BCUT2D eigenvalue weighted by Crippen LogP contribution is 2.10. The highest BCUT2D eigenvalue weighted by Gasteiger charge is 2.13. The van der Waals surface area contributed by atoms with Gasteiger partial charge in [-0.05, 0) is 32.4 Å². The van der Waals surface area contributed by atoms with Crippen molar-refractivity contribution in [3.05, 3.63) is 46.6 Å². The summed E-state index contributed by atoms with van der Waals surface area (Å²) in [5.74, 6) is 0.348. The summed E-state index contributed by atoms with van der Waals surface area (Å²) >= 11 is 0. The molecule has 2 aromatic rings. The molecule has 1 aromatic carbocycles. The van der Waals surface area contributed by atoms with Crippen molar-refractivity contribution in [1.82, 2.24) is 14.8 Å². The van der Waals surface area contributed by atoms with E-state index in [1.807, 2.05) is 32.2 Å². The zero-order chi connectivity index (χ0) is 18.2. The number of anilines is 1. The number of aliphatic imine (C=N–C) groups is 1. The van der Waals surface area contributed by atoms with Crippen LogP contribution in [0.4, 0.5) is 5.69 Å². The Morgan fingerprint density at radius 3 is 2.72 bits per heavy atom. The smallest absolute Gasteiger partial charge is 0.343 e. The summed E-state index contributed by atoms with van der Waals surface area (Å²) < 4.78 is 1.46. The van der Waals surface area contributed by atoms with Gasteiger partial charge in [0.1, 0.15) is 5.82 Å². The van der Waals surface area contributed by atoms with Crippen molar-refractivity contribution in [2.24, 2.45) is 4.99 Å². The minimum absolute atomic E-state index is 0.0891. The van der Waals surface area contributed by atoms with Crippen molar-refractivity contribution in [3.8, 4) is 0 Å². The fourth-order valence-corrected chi connectivity index (χ4v) is 2.54. The predicted octanol–water partition coefficient (Wildman–Crippen LogP) is 1.69. The monoisotopic (exact) mass is 343 g/mol. The first-order valence-electron chi connectivity index (χ1n) is 8.47. The molecular weight excluding hydrogens is 318 g/mol. The summed E-state index contributed by atoms with van der Waals surface area (Å²) in [5.41, 5.74) is 1.35. The third-order valence-corrected chi connectivity index (χ3v) is 4.07. The number of benzene rings is 1. The average Bonchev–Trinajstić information content (AvgIpc) is 2.98. The number of para-hydroxylation sites is 1. The SMILES string of the molecule is CCn1c(CC(=O)C(C)=NCCCN(C)c2ccccc2)n[nH]c1=O. The third-order valence-electron chi connectivity index (χ3n) is 4.07. The van der Waals surface area contributed by atoms with Gasteiger partial charge in [-0.3, -0.25) is 14.4 Å². The highest BCUT2D eigenvalue weighted by molar-refractivity contribution is 6.39. The van der Waals surface area contributed by atoms with Crippen LogP contribution in [0.1, 0.15) is 26.1 Å². The Balaban J connectivity index is 1.82. The quantitative estimate of drug-likeness (QED) is 0.555. The summed E-state index contributed by atoms with van der Waals surface area (Å²) in [6, 6.07) is 10.1. The second-order valence-corrected chi connectivity index (χ2v) is 5.87. The van der Waals surface area contributed by atoms with Crippen LogP contribution in [0.3, 0.4) is 0 Å². The molecule has 0 fully saturated rings.